The molecule has 1 heterocycles. The zero-order valence-corrected chi connectivity index (χ0v) is 12.4. The molecule has 5 heteroatoms. The normalized spacial score (nSPS) is 12.8. The van der Waals surface area contributed by atoms with Crippen molar-refractivity contribution in [2.45, 2.75) is 12.5 Å². The number of methoxy groups -OCH3 is 1. The van der Waals surface area contributed by atoms with E-state index in [9.17, 15) is 4.79 Å². The van der Waals surface area contributed by atoms with Crippen LogP contribution in [0.1, 0.15) is 12.0 Å². The molecule has 0 bridgehead atoms. The van der Waals surface area contributed by atoms with Crippen LogP contribution in [0.25, 0.3) is 6.08 Å². The molecule has 0 saturated heterocycles. The highest BCUT2D eigenvalue weighted by Crippen LogP contribution is 2.07. The van der Waals surface area contributed by atoms with Crippen LogP contribution in [0, 0.1) is 0 Å². The van der Waals surface area contributed by atoms with E-state index < -0.39 is 0 Å². The highest BCUT2D eigenvalue weighted by Gasteiger charge is 2.07. The average Bonchev–Trinajstić information content (AvgIpc) is 2.89. The van der Waals surface area contributed by atoms with Crippen molar-refractivity contribution in [2.24, 2.45) is 0 Å². The van der Waals surface area contributed by atoms with Gasteiger partial charge in [0.05, 0.1) is 6.10 Å². The van der Waals surface area contributed by atoms with Crippen molar-refractivity contribution in [3.63, 3.8) is 0 Å². The zero-order valence-electron chi connectivity index (χ0n) is 10.7. The minimum Gasteiger partial charge on any atom is -0.380 e. The number of ether oxygens (including phenoxy) is 1. The Morgan fingerprint density at radius 1 is 1.67 bits per heavy atom. The highest BCUT2D eigenvalue weighted by atomic mass is 32.2. The van der Waals surface area contributed by atoms with E-state index in [-0.39, 0.29) is 12.0 Å². The largest absolute Gasteiger partial charge is 0.380 e. The second-order valence-electron chi connectivity index (χ2n) is 3.77. The molecular weight excluding hydrogens is 266 g/mol. The minimum atomic E-state index is -0.0765. The number of hydrogen-bond acceptors (Lipinski definition) is 4. The molecule has 0 aliphatic carbocycles. The van der Waals surface area contributed by atoms with Crippen molar-refractivity contribution >= 4 is 35.1 Å². The number of thioether (sulfide) groups is 1. The summed E-state index contributed by atoms with van der Waals surface area (Å²) in [5, 5.41) is 6.84. The van der Waals surface area contributed by atoms with Crippen LogP contribution >= 0.6 is 23.1 Å². The third-order valence-corrected chi connectivity index (χ3v) is 3.80. The van der Waals surface area contributed by atoms with Crippen molar-refractivity contribution in [1.82, 2.24) is 5.32 Å². The van der Waals surface area contributed by atoms with Gasteiger partial charge in [-0.1, -0.05) is 0 Å². The lowest BCUT2D eigenvalue weighted by Gasteiger charge is -2.14. The molecule has 1 rings (SSSR count). The van der Waals surface area contributed by atoms with Crippen molar-refractivity contribution in [2.75, 3.05) is 25.7 Å². The molecule has 0 spiro atoms. The summed E-state index contributed by atoms with van der Waals surface area (Å²) in [6.45, 7) is 0.559. The third-order valence-electron chi connectivity index (χ3n) is 2.45. The first-order valence-electron chi connectivity index (χ1n) is 5.76. The average molecular weight is 285 g/mol. The van der Waals surface area contributed by atoms with Crippen LogP contribution in [-0.4, -0.2) is 37.7 Å². The number of nitrogens with one attached hydrogen (secondary N) is 1. The number of carbonyl (C=O) groups is 1. The van der Waals surface area contributed by atoms with E-state index in [0.717, 1.165) is 17.7 Å². The Morgan fingerprint density at radius 3 is 3.11 bits per heavy atom. The van der Waals surface area contributed by atoms with Crippen LogP contribution in [0.15, 0.2) is 22.9 Å². The van der Waals surface area contributed by atoms with Gasteiger partial charge in [-0.2, -0.15) is 23.1 Å². The van der Waals surface area contributed by atoms with Gasteiger partial charge in [-0.3, -0.25) is 4.79 Å². The van der Waals surface area contributed by atoms with Crippen molar-refractivity contribution in [3.8, 4) is 0 Å². The maximum absolute atomic E-state index is 11.6. The maximum atomic E-state index is 11.6. The lowest BCUT2D eigenvalue weighted by atomic mass is 10.2. The predicted molar refractivity (Wildman–Crippen MR) is 80.2 cm³/mol. The minimum absolute atomic E-state index is 0.0765. The number of carbonyl (C=O) groups excluding carboxylic acids is 1. The van der Waals surface area contributed by atoms with E-state index in [4.69, 9.17) is 4.74 Å². The molecule has 1 aromatic heterocycles. The van der Waals surface area contributed by atoms with Crippen LogP contribution in [0.2, 0.25) is 0 Å². The van der Waals surface area contributed by atoms with Crippen LogP contribution in [0.5, 0.6) is 0 Å². The van der Waals surface area contributed by atoms with Gasteiger partial charge in [-0.25, -0.2) is 0 Å². The van der Waals surface area contributed by atoms with E-state index in [1.165, 1.54) is 0 Å². The lowest BCUT2D eigenvalue weighted by Crippen LogP contribution is -2.32. The molecule has 0 saturated carbocycles. The van der Waals surface area contributed by atoms with E-state index in [1.807, 2.05) is 22.9 Å². The van der Waals surface area contributed by atoms with Crippen molar-refractivity contribution < 1.29 is 9.53 Å². The molecule has 18 heavy (non-hydrogen) atoms. The van der Waals surface area contributed by atoms with Crippen LogP contribution in [0.3, 0.4) is 0 Å². The molecule has 0 aliphatic heterocycles. The summed E-state index contributed by atoms with van der Waals surface area (Å²) in [7, 11) is 1.68. The summed E-state index contributed by atoms with van der Waals surface area (Å²) in [5.41, 5.74) is 1.06. The smallest absolute Gasteiger partial charge is 0.244 e. The summed E-state index contributed by atoms with van der Waals surface area (Å²) in [5.74, 6) is 0.964. The molecule has 1 amide bonds. The SMILES string of the molecule is COC(CCSC)CNC(=O)C=Cc1ccsc1. The molecule has 0 radical (unpaired) electrons. The Labute approximate surface area is 117 Å². The predicted octanol–water partition coefficient (Wildman–Crippen LogP) is 2.65. The van der Waals surface area contributed by atoms with Gasteiger partial charge < -0.3 is 10.1 Å². The molecule has 1 aromatic rings. The Morgan fingerprint density at radius 2 is 2.50 bits per heavy atom. The molecular formula is C13H19NO2S2. The lowest BCUT2D eigenvalue weighted by molar-refractivity contribution is -0.117. The number of hydrogen-bond donors (Lipinski definition) is 1. The Balaban J connectivity index is 2.27. The van der Waals surface area contributed by atoms with Crippen molar-refractivity contribution in [3.05, 3.63) is 28.5 Å². The fourth-order valence-electron chi connectivity index (χ4n) is 1.37. The number of amides is 1. The first-order chi connectivity index (χ1) is 8.76. The summed E-state index contributed by atoms with van der Waals surface area (Å²) in [4.78, 5) is 11.6. The second-order valence-corrected chi connectivity index (χ2v) is 5.54. The Bertz CT molecular complexity index is 363. The van der Waals surface area contributed by atoms with E-state index in [1.54, 1.807) is 36.3 Å². The Hall–Kier alpha value is -0.780. The van der Waals surface area contributed by atoms with Gasteiger partial charge in [-0.05, 0) is 46.9 Å². The van der Waals surface area contributed by atoms with Gasteiger partial charge in [0, 0.05) is 19.7 Å². The van der Waals surface area contributed by atoms with E-state index >= 15 is 0 Å². The number of rotatable bonds is 8. The fourth-order valence-corrected chi connectivity index (χ4v) is 2.49. The molecule has 0 aromatic carbocycles. The molecule has 3 nitrogen and oxygen atoms in total. The monoisotopic (exact) mass is 285 g/mol. The summed E-state index contributed by atoms with van der Waals surface area (Å²) < 4.78 is 5.30. The molecule has 1 N–H and O–H groups in total. The van der Waals surface area contributed by atoms with Gasteiger partial charge in [0.2, 0.25) is 5.91 Å². The summed E-state index contributed by atoms with van der Waals surface area (Å²) >= 11 is 3.40. The van der Waals surface area contributed by atoms with Gasteiger partial charge in [0.25, 0.3) is 0 Å². The Kier molecular flexibility index (Phi) is 7.80. The highest BCUT2D eigenvalue weighted by molar-refractivity contribution is 7.98. The first kappa shape index (κ1) is 15.3. The standard InChI is InChI=1S/C13H19NO2S2/c1-16-12(6-7-17-2)9-14-13(15)4-3-11-5-8-18-10-11/h3-5,8,10,12H,6-7,9H2,1-2H3,(H,14,15). The van der Waals surface area contributed by atoms with Gasteiger partial charge in [0.1, 0.15) is 0 Å². The third kappa shape index (κ3) is 6.23. The first-order valence-corrected chi connectivity index (χ1v) is 8.09. The van der Waals surface area contributed by atoms with E-state index in [0.29, 0.717) is 6.54 Å². The molecule has 100 valence electrons. The second kappa shape index (κ2) is 9.19. The van der Waals surface area contributed by atoms with Crippen molar-refractivity contribution in [1.29, 1.82) is 0 Å². The summed E-state index contributed by atoms with van der Waals surface area (Å²) in [6, 6.07) is 1.98. The maximum Gasteiger partial charge on any atom is 0.244 e. The van der Waals surface area contributed by atoms with Gasteiger partial charge >= 0.3 is 0 Å². The van der Waals surface area contributed by atoms with E-state index in [2.05, 4.69) is 11.6 Å². The van der Waals surface area contributed by atoms with Crippen LogP contribution < -0.4 is 5.32 Å². The zero-order chi connectivity index (χ0) is 13.2. The van der Waals surface area contributed by atoms with Crippen LogP contribution in [-0.2, 0) is 9.53 Å². The molecule has 1 atom stereocenters. The molecule has 1 unspecified atom stereocenters. The van der Waals surface area contributed by atoms with Gasteiger partial charge in [0.15, 0.2) is 0 Å². The van der Waals surface area contributed by atoms with Gasteiger partial charge in [-0.15, -0.1) is 0 Å². The quantitative estimate of drug-likeness (QED) is 0.746. The number of thiophene rings is 1. The van der Waals surface area contributed by atoms with Crippen LogP contribution in [0.4, 0.5) is 0 Å². The molecule has 0 fully saturated rings. The topological polar surface area (TPSA) is 38.3 Å². The molecule has 0 aliphatic rings. The fraction of sp³-hybridized carbons (Fsp3) is 0.462. The summed E-state index contributed by atoms with van der Waals surface area (Å²) in [6.07, 6.45) is 6.48.